The molecule has 2 rings (SSSR count). The molecule has 1 aromatic carbocycles. The molecule has 0 fully saturated rings. The van der Waals surface area contributed by atoms with Gasteiger partial charge in [-0.15, -0.1) is 5.10 Å². The molecule has 0 radical (unpaired) electrons. The van der Waals surface area contributed by atoms with Crippen molar-refractivity contribution in [2.24, 2.45) is 5.11 Å². The first-order valence-electron chi connectivity index (χ1n) is 8.85. The second-order valence-corrected chi connectivity index (χ2v) is 6.75. The second-order valence-electron chi connectivity index (χ2n) is 5.49. The topological polar surface area (TPSA) is 148 Å². The summed E-state index contributed by atoms with van der Waals surface area (Å²) in [5, 5.41) is 11.1. The Bertz CT molecular complexity index is 751. The standard InChI is InChI=1S/C17H23N5O6S/c1-29(23)17-21-20-16(28-17)14-2-4-15(5-3-14)27-13-12-26-11-10-25-9-8-24-7-6-19-22-18/h2-5H,6-13H2,1H3. The van der Waals surface area contributed by atoms with E-state index in [1.54, 1.807) is 24.3 Å². The highest BCUT2D eigenvalue weighted by atomic mass is 32.2. The molecule has 0 aliphatic rings. The van der Waals surface area contributed by atoms with Crippen molar-refractivity contribution in [2.75, 3.05) is 59.0 Å². The van der Waals surface area contributed by atoms with Gasteiger partial charge in [0.15, 0.2) is 0 Å². The smallest absolute Gasteiger partial charge is 0.435 e. The average molecular weight is 425 g/mol. The molecule has 0 spiro atoms. The highest BCUT2D eigenvalue weighted by molar-refractivity contribution is 7.90. The largest absolute Gasteiger partial charge is 0.608 e. The van der Waals surface area contributed by atoms with Crippen LogP contribution >= 0.6 is 0 Å². The Morgan fingerprint density at radius 3 is 2.21 bits per heavy atom. The second kappa shape index (κ2) is 13.8. The fourth-order valence-corrected chi connectivity index (χ4v) is 2.40. The summed E-state index contributed by atoms with van der Waals surface area (Å²) >= 11 is -1.31. The zero-order valence-electron chi connectivity index (χ0n) is 16.1. The van der Waals surface area contributed by atoms with Gasteiger partial charge in [-0.1, -0.05) is 10.2 Å². The van der Waals surface area contributed by atoms with Crippen LogP contribution in [0, 0.1) is 0 Å². The molecule has 29 heavy (non-hydrogen) atoms. The van der Waals surface area contributed by atoms with Crippen LogP contribution in [-0.4, -0.2) is 73.8 Å². The third kappa shape index (κ3) is 9.13. The molecule has 1 unspecified atom stereocenters. The maximum absolute atomic E-state index is 11.3. The maximum atomic E-state index is 11.3. The van der Waals surface area contributed by atoms with Crippen LogP contribution in [-0.2, 0) is 25.4 Å². The van der Waals surface area contributed by atoms with Crippen molar-refractivity contribution >= 4 is 11.2 Å². The number of benzene rings is 1. The molecule has 0 aliphatic carbocycles. The first kappa shape index (κ1) is 22.9. The first-order valence-corrected chi connectivity index (χ1v) is 10.4. The van der Waals surface area contributed by atoms with Crippen molar-refractivity contribution in [3.05, 3.63) is 34.7 Å². The lowest BCUT2D eigenvalue weighted by Gasteiger charge is -2.08. The molecule has 1 heterocycles. The summed E-state index contributed by atoms with van der Waals surface area (Å²) in [5.74, 6) is 0.997. The van der Waals surface area contributed by atoms with Gasteiger partial charge in [0.2, 0.25) is 0 Å². The summed E-state index contributed by atoms with van der Waals surface area (Å²) in [6.45, 7) is 3.37. The van der Waals surface area contributed by atoms with Crippen molar-refractivity contribution in [3.8, 4) is 17.2 Å². The van der Waals surface area contributed by atoms with Gasteiger partial charge in [-0.2, -0.15) is 0 Å². The number of hydrogen-bond acceptors (Lipinski definition) is 9. The van der Waals surface area contributed by atoms with Gasteiger partial charge in [-0.25, -0.2) is 0 Å². The Kier molecular flexibility index (Phi) is 10.9. The molecule has 0 aliphatic heterocycles. The van der Waals surface area contributed by atoms with Crippen LogP contribution in [0.25, 0.3) is 21.9 Å². The van der Waals surface area contributed by atoms with Crippen LogP contribution in [0.15, 0.2) is 39.0 Å². The molecule has 2 aromatic rings. The molecule has 0 amide bonds. The van der Waals surface area contributed by atoms with E-state index < -0.39 is 11.2 Å². The molecule has 0 bridgehead atoms. The Labute approximate surface area is 171 Å². The molecule has 0 saturated carbocycles. The number of rotatable bonds is 15. The van der Waals surface area contributed by atoms with E-state index in [1.807, 2.05) is 0 Å². The number of azide groups is 1. The zero-order chi connectivity index (χ0) is 20.7. The van der Waals surface area contributed by atoms with Crippen molar-refractivity contribution in [1.29, 1.82) is 0 Å². The van der Waals surface area contributed by atoms with E-state index in [0.29, 0.717) is 64.4 Å². The van der Waals surface area contributed by atoms with Crippen molar-refractivity contribution in [1.82, 2.24) is 10.2 Å². The Balaban J connectivity index is 1.51. The van der Waals surface area contributed by atoms with Gasteiger partial charge in [0.1, 0.15) is 18.6 Å². The fraction of sp³-hybridized carbons (Fsp3) is 0.529. The molecule has 1 aromatic heterocycles. The molecular weight excluding hydrogens is 402 g/mol. The minimum Gasteiger partial charge on any atom is -0.608 e. The third-order valence-electron chi connectivity index (χ3n) is 3.39. The first-order chi connectivity index (χ1) is 14.2. The van der Waals surface area contributed by atoms with Crippen molar-refractivity contribution in [2.45, 2.75) is 5.22 Å². The van der Waals surface area contributed by atoms with E-state index in [4.69, 9.17) is 28.9 Å². The van der Waals surface area contributed by atoms with Gasteiger partial charge in [0.25, 0.3) is 5.89 Å². The van der Waals surface area contributed by atoms with Crippen LogP contribution in [0.4, 0.5) is 0 Å². The van der Waals surface area contributed by atoms with Gasteiger partial charge in [-0.05, 0) is 29.8 Å². The lowest BCUT2D eigenvalue weighted by Crippen LogP contribution is -2.13. The molecule has 1 atom stereocenters. The highest BCUT2D eigenvalue weighted by Crippen LogP contribution is 2.22. The van der Waals surface area contributed by atoms with Crippen LogP contribution in [0.5, 0.6) is 5.75 Å². The van der Waals surface area contributed by atoms with E-state index in [2.05, 4.69) is 20.2 Å². The van der Waals surface area contributed by atoms with Crippen molar-refractivity contribution < 1.29 is 27.9 Å². The van der Waals surface area contributed by atoms with Crippen molar-refractivity contribution in [3.63, 3.8) is 0 Å². The van der Waals surface area contributed by atoms with E-state index in [-0.39, 0.29) is 5.22 Å². The van der Waals surface area contributed by atoms with E-state index in [1.165, 1.54) is 6.26 Å². The SMILES string of the molecule is C[S+]([O-])c1nnc(-c2ccc(OCCOCCOCCOCCN=[N+]=[N-])cc2)o1. The summed E-state index contributed by atoms with van der Waals surface area (Å²) in [7, 11) is 0. The molecular formula is C17H23N5O6S. The zero-order valence-corrected chi connectivity index (χ0v) is 16.9. The molecule has 158 valence electrons. The fourth-order valence-electron chi connectivity index (χ4n) is 2.05. The summed E-state index contributed by atoms with van der Waals surface area (Å²) in [6, 6.07) is 7.14. The summed E-state index contributed by atoms with van der Waals surface area (Å²) in [4.78, 5) is 2.63. The van der Waals surface area contributed by atoms with Gasteiger partial charge in [-0.3, -0.25) is 0 Å². The molecule has 12 heteroatoms. The molecule has 11 nitrogen and oxygen atoms in total. The van der Waals surface area contributed by atoms with E-state index in [9.17, 15) is 4.55 Å². The number of hydrogen-bond donors (Lipinski definition) is 0. The van der Waals surface area contributed by atoms with Gasteiger partial charge in [0.05, 0.1) is 39.6 Å². The van der Waals surface area contributed by atoms with Gasteiger partial charge >= 0.3 is 5.22 Å². The molecule has 0 N–H and O–H groups in total. The van der Waals surface area contributed by atoms with Gasteiger partial charge < -0.3 is 27.9 Å². The van der Waals surface area contributed by atoms with Crippen LogP contribution in [0.2, 0.25) is 0 Å². The van der Waals surface area contributed by atoms with E-state index in [0.717, 1.165) is 5.56 Å². The predicted octanol–water partition coefficient (Wildman–Crippen LogP) is 2.21. The lowest BCUT2D eigenvalue weighted by atomic mass is 10.2. The van der Waals surface area contributed by atoms with Gasteiger partial charge in [0, 0.05) is 28.2 Å². The number of nitrogens with zero attached hydrogens (tertiary/aromatic N) is 5. The highest BCUT2D eigenvalue weighted by Gasteiger charge is 2.15. The minimum absolute atomic E-state index is 0.0966. The van der Waals surface area contributed by atoms with E-state index >= 15 is 0 Å². The Hall–Kier alpha value is -2.34. The Morgan fingerprint density at radius 1 is 1.00 bits per heavy atom. The summed E-state index contributed by atoms with van der Waals surface area (Å²) < 4.78 is 38.2. The molecule has 0 saturated heterocycles. The number of ether oxygens (including phenoxy) is 4. The van der Waals surface area contributed by atoms with Crippen LogP contribution in [0.3, 0.4) is 0 Å². The third-order valence-corrected chi connectivity index (χ3v) is 4.05. The number of aromatic nitrogens is 2. The minimum atomic E-state index is -1.31. The monoisotopic (exact) mass is 425 g/mol. The summed E-state index contributed by atoms with van der Waals surface area (Å²) in [5.41, 5.74) is 8.82. The average Bonchev–Trinajstić information content (AvgIpc) is 3.22. The quantitative estimate of drug-likeness (QED) is 0.139. The maximum Gasteiger partial charge on any atom is 0.435 e. The Morgan fingerprint density at radius 2 is 1.62 bits per heavy atom. The summed E-state index contributed by atoms with van der Waals surface area (Å²) in [6.07, 6.45) is 1.48. The predicted molar refractivity (Wildman–Crippen MR) is 104 cm³/mol. The lowest BCUT2D eigenvalue weighted by molar-refractivity contribution is 0.0106. The normalized spacial score (nSPS) is 11.8. The van der Waals surface area contributed by atoms with Crippen LogP contribution < -0.4 is 4.74 Å². The van der Waals surface area contributed by atoms with Crippen LogP contribution in [0.1, 0.15) is 0 Å².